The topological polar surface area (TPSA) is 53.4 Å². The number of hydrogen-bond donors (Lipinski definition) is 1. The van der Waals surface area contributed by atoms with Crippen LogP contribution in [-0.4, -0.2) is 34.0 Å². The largest absolute Gasteiger partial charge is 0.481 e. The van der Waals surface area contributed by atoms with Crippen molar-refractivity contribution in [3.8, 4) is 0 Å². The fourth-order valence-electron chi connectivity index (χ4n) is 3.38. The summed E-state index contributed by atoms with van der Waals surface area (Å²) in [5, 5.41) is 9.93. The summed E-state index contributed by atoms with van der Waals surface area (Å²) in [7, 11) is 0. The number of aliphatic carboxylic acids is 1. The highest BCUT2D eigenvalue weighted by Crippen LogP contribution is 2.33. The average molecular weight is 345 g/mol. The highest BCUT2D eigenvalue weighted by atomic mass is 35.5. The third kappa shape index (κ3) is 3.60. The van der Waals surface area contributed by atoms with Crippen molar-refractivity contribution in [3.05, 3.63) is 64.4 Å². The summed E-state index contributed by atoms with van der Waals surface area (Å²) in [4.78, 5) is 18.2. The third-order valence-corrected chi connectivity index (χ3v) is 4.99. The fourth-order valence-corrected chi connectivity index (χ4v) is 3.50. The second-order valence-electron chi connectivity index (χ2n) is 6.31. The van der Waals surface area contributed by atoms with E-state index in [0.29, 0.717) is 17.9 Å². The van der Waals surface area contributed by atoms with Crippen molar-refractivity contribution < 1.29 is 9.90 Å². The Morgan fingerprint density at radius 1 is 1.25 bits per heavy atom. The highest BCUT2D eigenvalue weighted by molar-refractivity contribution is 6.30. The van der Waals surface area contributed by atoms with Gasteiger partial charge in [0.25, 0.3) is 0 Å². The maximum absolute atomic E-state index is 11.2. The first kappa shape index (κ1) is 16.9. The summed E-state index contributed by atoms with van der Waals surface area (Å²) in [5.74, 6) is -0.927. The van der Waals surface area contributed by atoms with Gasteiger partial charge >= 0.3 is 5.97 Å². The molecule has 0 saturated carbocycles. The molecule has 1 N–H and O–H groups in total. The molecule has 0 radical (unpaired) electrons. The molecule has 24 heavy (non-hydrogen) atoms. The molecule has 4 nitrogen and oxygen atoms in total. The molecule has 1 aliphatic rings. The van der Waals surface area contributed by atoms with Crippen molar-refractivity contribution in [2.24, 2.45) is 5.92 Å². The van der Waals surface area contributed by atoms with Gasteiger partial charge in [0.15, 0.2) is 0 Å². The summed E-state index contributed by atoms with van der Waals surface area (Å²) in [6.07, 6.45) is 3.16. The second kappa shape index (κ2) is 7.32. The molecule has 1 unspecified atom stereocenters. The molecule has 0 spiro atoms. The normalized spacial score (nSPS) is 17.6. The van der Waals surface area contributed by atoms with Gasteiger partial charge < -0.3 is 5.11 Å². The van der Waals surface area contributed by atoms with E-state index in [-0.39, 0.29) is 12.0 Å². The molecule has 0 aliphatic carbocycles. The second-order valence-corrected chi connectivity index (χ2v) is 6.74. The lowest BCUT2D eigenvalue weighted by molar-refractivity contribution is -0.143. The number of carbonyl (C=O) groups is 1. The fraction of sp³-hybridized carbons (Fsp3) is 0.368. The first-order chi connectivity index (χ1) is 11.6. The van der Waals surface area contributed by atoms with E-state index in [2.05, 4.69) is 22.9 Å². The van der Waals surface area contributed by atoms with Crippen LogP contribution in [0.5, 0.6) is 0 Å². The minimum Gasteiger partial charge on any atom is -0.481 e. The molecule has 0 amide bonds. The summed E-state index contributed by atoms with van der Waals surface area (Å²) in [6.45, 7) is 3.57. The van der Waals surface area contributed by atoms with Crippen LogP contribution in [-0.2, 0) is 4.79 Å². The Morgan fingerprint density at radius 2 is 1.92 bits per heavy atom. The van der Waals surface area contributed by atoms with Gasteiger partial charge in [0.1, 0.15) is 0 Å². The van der Waals surface area contributed by atoms with Gasteiger partial charge in [-0.05, 0) is 62.2 Å². The summed E-state index contributed by atoms with van der Waals surface area (Å²) in [6, 6.07) is 11.9. The number of piperidine rings is 1. The molecule has 1 saturated heterocycles. The zero-order chi connectivity index (χ0) is 17.1. The van der Waals surface area contributed by atoms with Crippen LogP contribution >= 0.6 is 11.6 Å². The lowest BCUT2D eigenvalue weighted by Gasteiger charge is -2.37. The molecule has 1 atom stereocenters. The lowest BCUT2D eigenvalue weighted by atomic mass is 9.92. The van der Waals surface area contributed by atoms with Crippen LogP contribution in [0.4, 0.5) is 0 Å². The number of carboxylic acids is 1. The Balaban J connectivity index is 1.93. The summed E-state index contributed by atoms with van der Waals surface area (Å²) < 4.78 is 0. The van der Waals surface area contributed by atoms with Crippen molar-refractivity contribution in [2.75, 3.05) is 13.1 Å². The van der Waals surface area contributed by atoms with E-state index in [1.165, 1.54) is 0 Å². The molecule has 1 aromatic heterocycles. The number of aromatic nitrogens is 1. The van der Waals surface area contributed by atoms with Crippen LogP contribution in [0.2, 0.25) is 5.02 Å². The van der Waals surface area contributed by atoms with Gasteiger partial charge in [-0.15, -0.1) is 0 Å². The maximum atomic E-state index is 11.2. The molecule has 3 rings (SSSR count). The Kier molecular flexibility index (Phi) is 5.17. The molecule has 2 aromatic rings. The van der Waals surface area contributed by atoms with Gasteiger partial charge in [0.05, 0.1) is 17.7 Å². The van der Waals surface area contributed by atoms with E-state index in [9.17, 15) is 9.90 Å². The Labute approximate surface area is 147 Å². The summed E-state index contributed by atoms with van der Waals surface area (Å²) >= 11 is 6.04. The predicted octanol–water partition coefficient (Wildman–Crippen LogP) is 3.93. The quantitative estimate of drug-likeness (QED) is 0.913. The van der Waals surface area contributed by atoms with Crippen LogP contribution in [0.3, 0.4) is 0 Å². The first-order valence-corrected chi connectivity index (χ1v) is 8.58. The molecule has 126 valence electrons. The first-order valence-electron chi connectivity index (χ1n) is 8.20. The number of likely N-dealkylation sites (tertiary alicyclic amines) is 1. The monoisotopic (exact) mass is 344 g/mol. The van der Waals surface area contributed by atoms with Crippen molar-refractivity contribution in [1.82, 2.24) is 9.88 Å². The Morgan fingerprint density at radius 3 is 2.50 bits per heavy atom. The van der Waals surface area contributed by atoms with Crippen molar-refractivity contribution >= 4 is 17.6 Å². The summed E-state index contributed by atoms with van der Waals surface area (Å²) in [5.41, 5.74) is 3.29. The molecule has 1 aromatic carbocycles. The average Bonchev–Trinajstić information content (AvgIpc) is 2.59. The standard InChI is InChI=1S/C19H21ClN2O2/c1-13-3-2-10-21-17(13)18(14-4-6-16(20)7-5-14)22-11-8-15(9-12-22)19(23)24/h2-7,10,15,18H,8-9,11-12H2,1H3,(H,23,24). The van der Waals surface area contributed by atoms with Crippen molar-refractivity contribution in [1.29, 1.82) is 0 Å². The van der Waals surface area contributed by atoms with Crippen LogP contribution in [0.15, 0.2) is 42.6 Å². The number of carboxylic acid groups (broad SMARTS) is 1. The van der Waals surface area contributed by atoms with Crippen molar-refractivity contribution in [2.45, 2.75) is 25.8 Å². The number of halogens is 1. The van der Waals surface area contributed by atoms with Crippen molar-refractivity contribution in [3.63, 3.8) is 0 Å². The smallest absolute Gasteiger partial charge is 0.306 e. The van der Waals surface area contributed by atoms with Crippen LogP contribution in [0.25, 0.3) is 0 Å². The number of hydrogen-bond acceptors (Lipinski definition) is 3. The van der Waals surface area contributed by atoms with E-state index in [4.69, 9.17) is 11.6 Å². The van der Waals surface area contributed by atoms with Crippen LogP contribution < -0.4 is 0 Å². The van der Waals surface area contributed by atoms with Gasteiger partial charge in [-0.2, -0.15) is 0 Å². The minimum atomic E-state index is -0.688. The van der Waals surface area contributed by atoms with Gasteiger partial charge in [-0.3, -0.25) is 14.7 Å². The number of aryl methyl sites for hydroxylation is 1. The molecular formula is C19H21ClN2O2. The molecule has 1 fully saturated rings. The number of rotatable bonds is 4. The third-order valence-electron chi connectivity index (χ3n) is 4.74. The van der Waals surface area contributed by atoms with Crippen LogP contribution in [0, 0.1) is 12.8 Å². The molecule has 1 aliphatic heterocycles. The Hall–Kier alpha value is -1.91. The zero-order valence-electron chi connectivity index (χ0n) is 13.7. The van der Waals surface area contributed by atoms with Gasteiger partial charge in [0, 0.05) is 11.2 Å². The van der Waals surface area contributed by atoms with E-state index in [1.807, 2.05) is 36.5 Å². The SMILES string of the molecule is Cc1cccnc1C(c1ccc(Cl)cc1)N1CCC(C(=O)O)CC1. The van der Waals surface area contributed by atoms with Crippen LogP contribution in [0.1, 0.15) is 35.7 Å². The van der Waals surface area contributed by atoms with E-state index < -0.39 is 5.97 Å². The van der Waals surface area contributed by atoms with E-state index in [1.54, 1.807) is 0 Å². The number of benzene rings is 1. The number of pyridine rings is 1. The lowest BCUT2D eigenvalue weighted by Crippen LogP contribution is -2.39. The van der Waals surface area contributed by atoms with E-state index >= 15 is 0 Å². The predicted molar refractivity (Wildman–Crippen MR) is 94.2 cm³/mol. The Bertz CT molecular complexity index is 710. The molecule has 0 bridgehead atoms. The van der Waals surface area contributed by atoms with Gasteiger partial charge in [-0.1, -0.05) is 29.8 Å². The highest BCUT2D eigenvalue weighted by Gasteiger charge is 2.31. The van der Waals surface area contributed by atoms with Gasteiger partial charge in [-0.25, -0.2) is 0 Å². The number of nitrogens with zero attached hydrogens (tertiary/aromatic N) is 2. The van der Waals surface area contributed by atoms with Gasteiger partial charge in [0.2, 0.25) is 0 Å². The minimum absolute atomic E-state index is 0.0261. The zero-order valence-corrected chi connectivity index (χ0v) is 14.4. The maximum Gasteiger partial charge on any atom is 0.306 e. The molecule has 2 heterocycles. The van der Waals surface area contributed by atoms with E-state index in [0.717, 1.165) is 29.9 Å². The molecular weight excluding hydrogens is 324 g/mol. The molecule has 5 heteroatoms.